The molecule has 0 spiro atoms. The molecule has 0 unspecified atom stereocenters. The topological polar surface area (TPSA) is 41.9 Å². The first kappa shape index (κ1) is 22.8. The number of aromatic nitrogens is 3. The van der Waals surface area contributed by atoms with E-state index in [0.29, 0.717) is 5.92 Å². The SMILES string of the molecule is CCCCN(CCCC)c1nc(SC)nc2c1sc1nc(CC(C)C)c3c(c12)CCC3. The van der Waals surface area contributed by atoms with Crippen LogP contribution in [-0.4, -0.2) is 34.3 Å². The van der Waals surface area contributed by atoms with Crippen LogP contribution >= 0.6 is 23.1 Å². The number of anilines is 1. The van der Waals surface area contributed by atoms with Gasteiger partial charge in [0, 0.05) is 24.2 Å². The summed E-state index contributed by atoms with van der Waals surface area (Å²) in [5.41, 5.74) is 5.52. The zero-order valence-electron chi connectivity index (χ0n) is 19.8. The van der Waals surface area contributed by atoms with Crippen LogP contribution in [0, 0.1) is 5.92 Å². The zero-order valence-corrected chi connectivity index (χ0v) is 21.4. The van der Waals surface area contributed by atoms with Crippen molar-refractivity contribution in [3.8, 4) is 0 Å². The Morgan fingerprint density at radius 1 is 1.00 bits per heavy atom. The van der Waals surface area contributed by atoms with Gasteiger partial charge in [-0.25, -0.2) is 15.0 Å². The van der Waals surface area contributed by atoms with Crippen LogP contribution in [0.2, 0.25) is 0 Å². The Labute approximate surface area is 195 Å². The molecule has 3 heterocycles. The van der Waals surface area contributed by atoms with Gasteiger partial charge in [0.05, 0.1) is 10.2 Å². The maximum Gasteiger partial charge on any atom is 0.189 e. The van der Waals surface area contributed by atoms with Gasteiger partial charge < -0.3 is 4.90 Å². The zero-order chi connectivity index (χ0) is 22.0. The molecule has 0 saturated heterocycles. The molecular weight excluding hydrogens is 420 g/mol. The second-order valence-electron chi connectivity index (χ2n) is 9.16. The maximum atomic E-state index is 5.23. The molecule has 0 N–H and O–H groups in total. The molecule has 0 saturated carbocycles. The predicted octanol–water partition coefficient (Wildman–Crippen LogP) is 7.06. The molecule has 31 heavy (non-hydrogen) atoms. The van der Waals surface area contributed by atoms with Crippen molar-refractivity contribution in [2.24, 2.45) is 5.92 Å². The van der Waals surface area contributed by atoms with Crippen molar-refractivity contribution in [3.63, 3.8) is 0 Å². The minimum atomic E-state index is 0.626. The van der Waals surface area contributed by atoms with Crippen LogP contribution in [0.3, 0.4) is 0 Å². The third kappa shape index (κ3) is 4.56. The van der Waals surface area contributed by atoms with Gasteiger partial charge in [-0.3, -0.25) is 0 Å². The monoisotopic (exact) mass is 456 g/mol. The molecule has 0 aromatic carbocycles. The van der Waals surface area contributed by atoms with Crippen molar-refractivity contribution in [1.29, 1.82) is 0 Å². The van der Waals surface area contributed by atoms with Crippen molar-refractivity contribution in [2.45, 2.75) is 84.2 Å². The number of aryl methyl sites for hydroxylation is 1. The largest absolute Gasteiger partial charge is 0.355 e. The number of pyridine rings is 1. The number of hydrogen-bond donors (Lipinski definition) is 0. The van der Waals surface area contributed by atoms with Crippen LogP contribution in [0.4, 0.5) is 5.82 Å². The second-order valence-corrected chi connectivity index (χ2v) is 10.9. The average Bonchev–Trinajstić information content (AvgIpc) is 3.37. The van der Waals surface area contributed by atoms with E-state index in [0.717, 1.165) is 42.4 Å². The maximum absolute atomic E-state index is 5.23. The normalized spacial score (nSPS) is 13.6. The van der Waals surface area contributed by atoms with Crippen LogP contribution in [0.15, 0.2) is 5.16 Å². The summed E-state index contributed by atoms with van der Waals surface area (Å²) in [6.45, 7) is 11.3. The summed E-state index contributed by atoms with van der Waals surface area (Å²) in [7, 11) is 0. The molecule has 1 aliphatic rings. The molecule has 0 radical (unpaired) electrons. The molecule has 3 aromatic heterocycles. The minimum absolute atomic E-state index is 0.626. The molecule has 4 rings (SSSR count). The summed E-state index contributed by atoms with van der Waals surface area (Å²) >= 11 is 3.48. The molecule has 1 aliphatic carbocycles. The lowest BCUT2D eigenvalue weighted by molar-refractivity contribution is 0.632. The number of rotatable bonds is 10. The van der Waals surface area contributed by atoms with Gasteiger partial charge in [0.25, 0.3) is 0 Å². The van der Waals surface area contributed by atoms with Gasteiger partial charge in [-0.15, -0.1) is 11.3 Å². The predicted molar refractivity (Wildman–Crippen MR) is 137 cm³/mol. The Balaban J connectivity index is 1.94. The van der Waals surface area contributed by atoms with Crippen molar-refractivity contribution in [3.05, 3.63) is 16.8 Å². The smallest absolute Gasteiger partial charge is 0.189 e. The quantitative estimate of drug-likeness (QED) is 0.241. The summed E-state index contributed by atoms with van der Waals surface area (Å²) in [5, 5.41) is 2.21. The molecule has 0 amide bonds. The molecule has 0 aliphatic heterocycles. The third-order valence-electron chi connectivity index (χ3n) is 6.23. The molecule has 6 heteroatoms. The lowest BCUT2D eigenvalue weighted by Gasteiger charge is -2.24. The first-order valence-electron chi connectivity index (χ1n) is 12.0. The number of hydrogen-bond acceptors (Lipinski definition) is 6. The summed E-state index contributed by atoms with van der Waals surface area (Å²) in [5.74, 6) is 1.76. The second kappa shape index (κ2) is 10.0. The van der Waals surface area contributed by atoms with Gasteiger partial charge in [0.15, 0.2) is 11.0 Å². The van der Waals surface area contributed by atoms with E-state index in [4.69, 9.17) is 15.0 Å². The minimum Gasteiger partial charge on any atom is -0.355 e. The summed E-state index contributed by atoms with van der Waals surface area (Å²) in [4.78, 5) is 19.0. The van der Waals surface area contributed by atoms with Crippen molar-refractivity contribution < 1.29 is 0 Å². The number of nitrogens with zero attached hydrogens (tertiary/aromatic N) is 4. The van der Waals surface area contributed by atoms with Gasteiger partial charge in [-0.1, -0.05) is 52.3 Å². The van der Waals surface area contributed by atoms with Crippen LogP contribution < -0.4 is 4.90 Å². The van der Waals surface area contributed by atoms with E-state index < -0.39 is 0 Å². The van der Waals surface area contributed by atoms with E-state index in [-0.39, 0.29) is 0 Å². The Hall–Kier alpha value is -1.40. The van der Waals surface area contributed by atoms with Crippen molar-refractivity contribution in [2.75, 3.05) is 24.2 Å². The lowest BCUT2D eigenvalue weighted by atomic mass is 9.99. The Kier molecular flexibility index (Phi) is 7.37. The van der Waals surface area contributed by atoms with Crippen molar-refractivity contribution in [1.82, 2.24) is 15.0 Å². The van der Waals surface area contributed by atoms with Gasteiger partial charge in [0.1, 0.15) is 4.83 Å². The van der Waals surface area contributed by atoms with E-state index in [1.54, 1.807) is 11.8 Å². The molecule has 168 valence electrons. The van der Waals surface area contributed by atoms with Gasteiger partial charge in [-0.05, 0) is 61.8 Å². The Morgan fingerprint density at radius 3 is 2.35 bits per heavy atom. The highest BCUT2D eigenvalue weighted by molar-refractivity contribution is 7.98. The molecule has 0 fully saturated rings. The lowest BCUT2D eigenvalue weighted by Crippen LogP contribution is -2.26. The molecule has 0 bridgehead atoms. The first-order chi connectivity index (χ1) is 15.1. The Bertz CT molecular complexity index is 1050. The number of fused-ring (bicyclic) bond motifs is 5. The average molecular weight is 457 g/mol. The van der Waals surface area contributed by atoms with Crippen LogP contribution in [0.1, 0.15) is 76.6 Å². The summed E-state index contributed by atoms with van der Waals surface area (Å²) < 4.78 is 1.24. The molecule has 4 nitrogen and oxygen atoms in total. The van der Waals surface area contributed by atoms with Gasteiger partial charge >= 0.3 is 0 Å². The van der Waals surface area contributed by atoms with E-state index >= 15 is 0 Å². The van der Waals surface area contributed by atoms with E-state index in [1.165, 1.54) is 70.3 Å². The van der Waals surface area contributed by atoms with E-state index in [2.05, 4.69) is 38.9 Å². The highest BCUT2D eigenvalue weighted by Gasteiger charge is 2.26. The highest BCUT2D eigenvalue weighted by atomic mass is 32.2. The highest BCUT2D eigenvalue weighted by Crippen LogP contribution is 2.43. The fourth-order valence-electron chi connectivity index (χ4n) is 4.69. The van der Waals surface area contributed by atoms with E-state index in [1.807, 2.05) is 11.3 Å². The molecule has 0 atom stereocenters. The third-order valence-corrected chi connectivity index (χ3v) is 7.84. The molecule has 3 aromatic rings. The fourth-order valence-corrected chi connectivity index (χ4v) is 6.23. The Morgan fingerprint density at radius 2 is 1.71 bits per heavy atom. The number of thiophene rings is 1. The van der Waals surface area contributed by atoms with Gasteiger partial charge in [0.2, 0.25) is 0 Å². The number of unbranched alkanes of at least 4 members (excludes halogenated alkanes) is 2. The standard InChI is InChI=1S/C25H36N4S2/c1-6-8-13-29(14-9-7-2)23-22-21(27-25(28-23)30-5)20-18-12-10-11-17(18)19(15-16(3)4)26-24(20)31-22/h16H,6-15H2,1-5H3. The van der Waals surface area contributed by atoms with Crippen LogP contribution in [0.5, 0.6) is 0 Å². The fraction of sp³-hybridized carbons (Fsp3) is 0.640. The first-order valence-corrected chi connectivity index (χ1v) is 14.0. The van der Waals surface area contributed by atoms with Crippen LogP contribution in [-0.2, 0) is 19.3 Å². The number of thioether (sulfide) groups is 1. The summed E-state index contributed by atoms with van der Waals surface area (Å²) in [6.07, 6.45) is 11.5. The van der Waals surface area contributed by atoms with Crippen LogP contribution in [0.25, 0.3) is 20.4 Å². The summed E-state index contributed by atoms with van der Waals surface area (Å²) in [6, 6.07) is 0. The van der Waals surface area contributed by atoms with Gasteiger partial charge in [-0.2, -0.15) is 0 Å². The molecular formula is C25H36N4S2. The van der Waals surface area contributed by atoms with Crippen molar-refractivity contribution >= 4 is 49.3 Å². The van der Waals surface area contributed by atoms with E-state index in [9.17, 15) is 0 Å².